The largest absolute Gasteiger partial charge is 0.478 e. The SMILES string of the molecule is Cc1ccc(NC(=O)CN2C(=O)S/C(=C\c3ccc(C(=O)O)cc3)C2=O)cc1Cl. The lowest BCUT2D eigenvalue weighted by atomic mass is 10.1. The van der Waals surface area contributed by atoms with Gasteiger partial charge in [0, 0.05) is 10.7 Å². The number of anilines is 1. The Morgan fingerprint density at radius 1 is 1.17 bits per heavy atom. The van der Waals surface area contributed by atoms with Gasteiger partial charge in [0.15, 0.2) is 0 Å². The summed E-state index contributed by atoms with van der Waals surface area (Å²) >= 11 is 6.74. The fourth-order valence-electron chi connectivity index (χ4n) is 2.52. The number of aryl methyl sites for hydroxylation is 1. The first kappa shape index (κ1) is 20.6. The maximum absolute atomic E-state index is 12.5. The van der Waals surface area contributed by atoms with Crippen LogP contribution < -0.4 is 5.32 Å². The molecule has 2 aromatic carbocycles. The molecule has 9 heteroatoms. The van der Waals surface area contributed by atoms with Crippen molar-refractivity contribution in [3.63, 3.8) is 0 Å². The molecule has 1 aliphatic heterocycles. The minimum Gasteiger partial charge on any atom is -0.478 e. The highest BCUT2D eigenvalue weighted by Crippen LogP contribution is 2.32. The normalized spacial score (nSPS) is 15.1. The third-order valence-corrected chi connectivity index (χ3v) is 5.40. The van der Waals surface area contributed by atoms with Gasteiger partial charge in [-0.3, -0.25) is 19.3 Å². The number of halogens is 1. The predicted molar refractivity (Wildman–Crippen MR) is 111 cm³/mol. The Bertz CT molecular complexity index is 1050. The molecule has 148 valence electrons. The highest BCUT2D eigenvalue weighted by molar-refractivity contribution is 8.18. The Balaban J connectivity index is 1.68. The summed E-state index contributed by atoms with van der Waals surface area (Å²) in [6.45, 7) is 1.40. The molecule has 0 spiro atoms. The third kappa shape index (κ3) is 4.85. The van der Waals surface area contributed by atoms with E-state index >= 15 is 0 Å². The number of thioether (sulfide) groups is 1. The van der Waals surface area contributed by atoms with Gasteiger partial charge in [-0.05, 0) is 60.2 Å². The van der Waals surface area contributed by atoms with Crippen molar-refractivity contribution < 1.29 is 24.3 Å². The molecule has 1 heterocycles. The molecule has 0 radical (unpaired) electrons. The molecule has 1 aliphatic rings. The minimum absolute atomic E-state index is 0.114. The van der Waals surface area contributed by atoms with E-state index in [2.05, 4.69) is 5.32 Å². The summed E-state index contributed by atoms with van der Waals surface area (Å²) in [6.07, 6.45) is 1.48. The first-order valence-corrected chi connectivity index (χ1v) is 9.59. The molecule has 0 unspecified atom stereocenters. The second-order valence-corrected chi connectivity index (χ2v) is 7.61. The molecule has 1 saturated heterocycles. The number of nitrogens with one attached hydrogen (secondary N) is 1. The molecule has 1 fully saturated rings. The van der Waals surface area contributed by atoms with Gasteiger partial charge in [0.25, 0.3) is 11.1 Å². The maximum Gasteiger partial charge on any atom is 0.335 e. The quantitative estimate of drug-likeness (QED) is 0.694. The summed E-state index contributed by atoms with van der Waals surface area (Å²) in [6, 6.07) is 10.9. The summed E-state index contributed by atoms with van der Waals surface area (Å²) in [5, 5.41) is 11.5. The van der Waals surface area contributed by atoms with Crippen molar-refractivity contribution in [2.75, 3.05) is 11.9 Å². The van der Waals surface area contributed by atoms with Crippen LogP contribution in [0.5, 0.6) is 0 Å². The molecular weight excluding hydrogens is 416 g/mol. The number of carbonyl (C=O) groups excluding carboxylic acids is 3. The van der Waals surface area contributed by atoms with E-state index in [-0.39, 0.29) is 10.5 Å². The first-order valence-electron chi connectivity index (χ1n) is 8.39. The van der Waals surface area contributed by atoms with Gasteiger partial charge in [0.1, 0.15) is 6.54 Å². The Morgan fingerprint density at radius 3 is 2.48 bits per heavy atom. The molecule has 0 aromatic heterocycles. The second-order valence-electron chi connectivity index (χ2n) is 6.21. The molecule has 0 saturated carbocycles. The zero-order valence-corrected chi connectivity index (χ0v) is 16.7. The van der Waals surface area contributed by atoms with Crippen molar-refractivity contribution in [2.45, 2.75) is 6.92 Å². The van der Waals surface area contributed by atoms with Crippen LogP contribution in [0.1, 0.15) is 21.5 Å². The van der Waals surface area contributed by atoms with Gasteiger partial charge < -0.3 is 10.4 Å². The number of rotatable bonds is 5. The monoisotopic (exact) mass is 430 g/mol. The summed E-state index contributed by atoms with van der Waals surface area (Å²) < 4.78 is 0. The number of carbonyl (C=O) groups is 4. The number of carboxylic acid groups (broad SMARTS) is 1. The lowest BCUT2D eigenvalue weighted by molar-refractivity contribution is -0.127. The van der Waals surface area contributed by atoms with Crippen molar-refractivity contribution in [2.24, 2.45) is 0 Å². The van der Waals surface area contributed by atoms with Gasteiger partial charge in [-0.2, -0.15) is 0 Å². The average Bonchev–Trinajstić information content (AvgIpc) is 2.92. The van der Waals surface area contributed by atoms with Gasteiger partial charge >= 0.3 is 5.97 Å². The highest BCUT2D eigenvalue weighted by Gasteiger charge is 2.36. The fourth-order valence-corrected chi connectivity index (χ4v) is 3.54. The van der Waals surface area contributed by atoms with Crippen LogP contribution in [0, 0.1) is 6.92 Å². The van der Waals surface area contributed by atoms with Crippen LogP contribution in [0.4, 0.5) is 10.5 Å². The molecule has 0 bridgehead atoms. The highest BCUT2D eigenvalue weighted by atomic mass is 35.5. The first-order chi connectivity index (χ1) is 13.7. The molecule has 7 nitrogen and oxygen atoms in total. The number of aromatic carboxylic acids is 1. The van der Waals surface area contributed by atoms with Crippen LogP contribution in [0.3, 0.4) is 0 Å². The second kappa shape index (κ2) is 8.50. The van der Waals surface area contributed by atoms with E-state index in [0.29, 0.717) is 16.3 Å². The van der Waals surface area contributed by atoms with Crippen molar-refractivity contribution in [3.8, 4) is 0 Å². The van der Waals surface area contributed by atoms with Gasteiger partial charge in [-0.25, -0.2) is 4.79 Å². The van der Waals surface area contributed by atoms with Crippen LogP contribution in [-0.4, -0.2) is 39.6 Å². The number of hydrogen-bond acceptors (Lipinski definition) is 5. The molecule has 0 atom stereocenters. The molecule has 2 N–H and O–H groups in total. The number of hydrogen-bond donors (Lipinski definition) is 2. The lowest BCUT2D eigenvalue weighted by Crippen LogP contribution is -2.36. The van der Waals surface area contributed by atoms with Crippen LogP contribution >= 0.6 is 23.4 Å². The van der Waals surface area contributed by atoms with Crippen molar-refractivity contribution >= 4 is 58.1 Å². The number of amides is 3. The van der Waals surface area contributed by atoms with E-state index in [9.17, 15) is 19.2 Å². The van der Waals surface area contributed by atoms with Crippen molar-refractivity contribution in [1.29, 1.82) is 0 Å². The van der Waals surface area contributed by atoms with E-state index in [1.165, 1.54) is 30.3 Å². The number of nitrogens with zero attached hydrogens (tertiary/aromatic N) is 1. The predicted octanol–water partition coefficient (Wildman–Crippen LogP) is 4.02. The van der Waals surface area contributed by atoms with Crippen LogP contribution in [0.2, 0.25) is 5.02 Å². The molecule has 2 aromatic rings. The Labute approximate surface area is 175 Å². The summed E-state index contributed by atoms with van der Waals surface area (Å²) in [7, 11) is 0. The standard InChI is InChI=1S/C20H15ClN2O5S/c1-11-2-7-14(9-15(11)21)22-17(24)10-23-18(25)16(29-20(23)28)8-12-3-5-13(6-4-12)19(26)27/h2-9H,10H2,1H3,(H,22,24)(H,26,27)/b16-8-. The minimum atomic E-state index is -1.06. The fraction of sp³-hybridized carbons (Fsp3) is 0.100. The zero-order valence-electron chi connectivity index (χ0n) is 15.1. The van der Waals surface area contributed by atoms with Gasteiger partial charge in [-0.1, -0.05) is 29.8 Å². The molecule has 3 rings (SSSR count). The lowest BCUT2D eigenvalue weighted by Gasteiger charge is -2.13. The number of carboxylic acids is 1. The molecular formula is C20H15ClN2O5S. The topological polar surface area (TPSA) is 104 Å². The molecule has 0 aliphatic carbocycles. The van der Waals surface area contributed by atoms with Gasteiger partial charge in [0.2, 0.25) is 5.91 Å². The Morgan fingerprint density at radius 2 is 1.86 bits per heavy atom. The Hall–Kier alpha value is -3.10. The van der Waals surface area contributed by atoms with Crippen molar-refractivity contribution in [1.82, 2.24) is 4.90 Å². The van der Waals surface area contributed by atoms with Gasteiger partial charge in [0.05, 0.1) is 10.5 Å². The van der Waals surface area contributed by atoms with E-state index in [1.807, 2.05) is 6.92 Å². The van der Waals surface area contributed by atoms with E-state index < -0.39 is 29.6 Å². The summed E-state index contributed by atoms with van der Waals surface area (Å²) in [5.41, 5.74) is 2.01. The third-order valence-electron chi connectivity index (χ3n) is 4.09. The molecule has 29 heavy (non-hydrogen) atoms. The number of benzene rings is 2. The van der Waals surface area contributed by atoms with E-state index in [1.54, 1.807) is 18.2 Å². The number of imide groups is 1. The maximum atomic E-state index is 12.5. The van der Waals surface area contributed by atoms with E-state index in [4.69, 9.17) is 16.7 Å². The van der Waals surface area contributed by atoms with Crippen LogP contribution in [0.15, 0.2) is 47.4 Å². The van der Waals surface area contributed by atoms with Crippen LogP contribution in [-0.2, 0) is 9.59 Å². The average molecular weight is 431 g/mol. The smallest absolute Gasteiger partial charge is 0.335 e. The van der Waals surface area contributed by atoms with Gasteiger partial charge in [-0.15, -0.1) is 0 Å². The van der Waals surface area contributed by atoms with Crippen molar-refractivity contribution in [3.05, 3.63) is 69.1 Å². The van der Waals surface area contributed by atoms with Crippen LogP contribution in [0.25, 0.3) is 6.08 Å². The van der Waals surface area contributed by atoms with E-state index in [0.717, 1.165) is 22.2 Å². The molecule has 3 amide bonds. The summed E-state index contributed by atoms with van der Waals surface area (Å²) in [4.78, 5) is 48.8. The zero-order chi connectivity index (χ0) is 21.1. The Kier molecular flexibility index (Phi) is 6.05. The summed E-state index contributed by atoms with van der Waals surface area (Å²) in [5.74, 6) is -2.17.